The summed E-state index contributed by atoms with van der Waals surface area (Å²) in [5.74, 6) is 0.430. The lowest BCUT2D eigenvalue weighted by Crippen LogP contribution is -2.53. The fourth-order valence-corrected chi connectivity index (χ4v) is 6.58. The lowest BCUT2D eigenvalue weighted by molar-refractivity contribution is -0.143. The van der Waals surface area contributed by atoms with Gasteiger partial charge in [-0.2, -0.15) is 0 Å². The normalized spacial score (nSPS) is 16.4. The number of carboxylic acids is 1. The number of nitrogens with one attached hydrogen (secondary N) is 1. The molecule has 218 valence electrons. The van der Waals surface area contributed by atoms with Crippen LogP contribution >= 0.6 is 0 Å². The molecule has 0 unspecified atom stereocenters. The van der Waals surface area contributed by atoms with E-state index < -0.39 is 17.4 Å². The summed E-state index contributed by atoms with van der Waals surface area (Å²) in [4.78, 5) is 26.0. The van der Waals surface area contributed by atoms with E-state index in [1.54, 1.807) is 31.4 Å². The standard InChI is InChI=1S/C34H37N3O5/c1-34(33(39)40,20-21-8-11-24(35)12-9-21)36-32(38)23-10-14-26-28(18-23)37-16-17-42-29-19-25(41-2)13-15-27(29)31(37)30(26)22-6-4-3-5-7-22/h8-15,18-19,22H,3-7,16-17,20,35H2,1-2H3,(H,36,38)(H,39,40)/t34-/m0/s1. The first-order valence-electron chi connectivity index (χ1n) is 14.6. The highest BCUT2D eigenvalue weighted by Gasteiger charge is 2.36. The van der Waals surface area contributed by atoms with Crippen LogP contribution in [0, 0.1) is 0 Å². The molecule has 4 N–H and O–H groups in total. The second kappa shape index (κ2) is 11.1. The van der Waals surface area contributed by atoms with E-state index in [2.05, 4.69) is 16.0 Å². The SMILES string of the molecule is COc1ccc2c(c1)OCCn1c-2c(C2CCCCC2)c2ccc(C(=O)N[C@@](C)(Cc3ccc(N)cc3)C(=O)O)cc21. The fraction of sp³-hybridized carbons (Fsp3) is 0.353. The molecule has 4 aromatic rings. The number of nitrogens with zero attached hydrogens (tertiary/aromatic N) is 1. The van der Waals surface area contributed by atoms with Crippen LogP contribution in [-0.2, 0) is 17.8 Å². The zero-order valence-electron chi connectivity index (χ0n) is 24.1. The van der Waals surface area contributed by atoms with E-state index in [0.29, 0.717) is 30.3 Å². The number of rotatable bonds is 7. The summed E-state index contributed by atoms with van der Waals surface area (Å²) in [6, 6.07) is 18.8. The number of aliphatic carboxylic acids is 1. The fourth-order valence-electron chi connectivity index (χ4n) is 6.58. The topological polar surface area (TPSA) is 116 Å². The molecule has 1 aliphatic heterocycles. The van der Waals surface area contributed by atoms with Crippen molar-refractivity contribution >= 4 is 28.5 Å². The van der Waals surface area contributed by atoms with Crippen molar-refractivity contribution in [1.29, 1.82) is 0 Å². The maximum absolute atomic E-state index is 13.6. The van der Waals surface area contributed by atoms with Crippen molar-refractivity contribution < 1.29 is 24.2 Å². The van der Waals surface area contributed by atoms with Gasteiger partial charge in [-0.05, 0) is 73.2 Å². The van der Waals surface area contributed by atoms with Crippen molar-refractivity contribution in [3.05, 3.63) is 77.4 Å². The number of aromatic nitrogens is 1. The number of fused-ring (bicyclic) bond motifs is 5. The molecular weight excluding hydrogens is 530 g/mol. The molecule has 8 nitrogen and oxygen atoms in total. The highest BCUT2D eigenvalue weighted by molar-refractivity contribution is 6.03. The third kappa shape index (κ3) is 5.06. The zero-order chi connectivity index (χ0) is 29.4. The van der Waals surface area contributed by atoms with Crippen molar-refractivity contribution in [2.75, 3.05) is 19.5 Å². The zero-order valence-corrected chi connectivity index (χ0v) is 24.1. The number of anilines is 1. The van der Waals surface area contributed by atoms with E-state index in [-0.39, 0.29) is 6.42 Å². The van der Waals surface area contributed by atoms with Gasteiger partial charge in [0.25, 0.3) is 5.91 Å². The molecule has 2 aliphatic rings. The number of carbonyl (C=O) groups excluding carboxylic acids is 1. The minimum absolute atomic E-state index is 0.126. The van der Waals surface area contributed by atoms with Crippen LogP contribution < -0.4 is 20.5 Å². The van der Waals surface area contributed by atoms with Crippen LogP contribution in [0.3, 0.4) is 0 Å². The summed E-state index contributed by atoms with van der Waals surface area (Å²) in [6.45, 7) is 2.65. The first kappa shape index (κ1) is 27.7. The van der Waals surface area contributed by atoms with Crippen LogP contribution in [0.5, 0.6) is 11.5 Å². The molecule has 8 heteroatoms. The molecule has 2 heterocycles. The Morgan fingerprint density at radius 3 is 2.55 bits per heavy atom. The Morgan fingerprint density at radius 1 is 1.07 bits per heavy atom. The van der Waals surface area contributed by atoms with Crippen LogP contribution in [0.25, 0.3) is 22.2 Å². The van der Waals surface area contributed by atoms with E-state index in [0.717, 1.165) is 52.1 Å². The number of methoxy groups -OCH3 is 1. The van der Waals surface area contributed by atoms with Gasteiger partial charge in [-0.1, -0.05) is 37.5 Å². The molecule has 3 aromatic carbocycles. The summed E-state index contributed by atoms with van der Waals surface area (Å²) < 4.78 is 14.0. The Kier molecular flexibility index (Phi) is 7.31. The van der Waals surface area contributed by atoms with Crippen molar-refractivity contribution in [3.63, 3.8) is 0 Å². The van der Waals surface area contributed by atoms with Gasteiger partial charge in [-0.3, -0.25) is 4.79 Å². The number of carboxylic acid groups (broad SMARTS) is 1. The van der Waals surface area contributed by atoms with Crippen molar-refractivity contribution in [2.45, 2.75) is 63.5 Å². The maximum atomic E-state index is 13.6. The number of nitrogens with two attached hydrogens (primary N) is 1. The number of hydrogen-bond donors (Lipinski definition) is 3. The number of amides is 1. The lowest BCUT2D eigenvalue weighted by atomic mass is 9.81. The van der Waals surface area contributed by atoms with Crippen LogP contribution in [0.4, 0.5) is 5.69 Å². The summed E-state index contributed by atoms with van der Waals surface area (Å²) in [5.41, 5.74) is 10.5. The van der Waals surface area contributed by atoms with Crippen LogP contribution in [-0.4, -0.2) is 40.8 Å². The molecule has 0 radical (unpaired) electrons. The smallest absolute Gasteiger partial charge is 0.329 e. The largest absolute Gasteiger partial charge is 0.497 e. The third-order valence-corrected chi connectivity index (χ3v) is 8.79. The highest BCUT2D eigenvalue weighted by atomic mass is 16.5. The van der Waals surface area contributed by atoms with Crippen LogP contribution in [0.2, 0.25) is 0 Å². The number of ether oxygens (including phenoxy) is 2. The third-order valence-electron chi connectivity index (χ3n) is 8.79. The van der Waals surface area contributed by atoms with Gasteiger partial charge >= 0.3 is 5.97 Å². The summed E-state index contributed by atoms with van der Waals surface area (Å²) in [5, 5.41) is 14.1. The van der Waals surface area contributed by atoms with E-state index in [1.165, 1.54) is 31.7 Å². The number of hydrogen-bond acceptors (Lipinski definition) is 5. The molecule has 0 spiro atoms. The van der Waals surface area contributed by atoms with Gasteiger partial charge in [0.05, 0.1) is 19.3 Å². The Bertz CT molecular complexity index is 1650. The van der Waals surface area contributed by atoms with Gasteiger partial charge in [-0.25, -0.2) is 4.79 Å². The van der Waals surface area contributed by atoms with Crippen LogP contribution in [0.1, 0.15) is 66.4 Å². The van der Waals surface area contributed by atoms with Crippen molar-refractivity contribution in [1.82, 2.24) is 9.88 Å². The Morgan fingerprint density at radius 2 is 1.83 bits per heavy atom. The van der Waals surface area contributed by atoms with E-state index in [9.17, 15) is 14.7 Å². The van der Waals surface area contributed by atoms with Gasteiger partial charge in [-0.15, -0.1) is 0 Å². The predicted molar refractivity (Wildman–Crippen MR) is 163 cm³/mol. The molecule has 0 bridgehead atoms. The van der Waals surface area contributed by atoms with Crippen molar-refractivity contribution in [2.24, 2.45) is 0 Å². The lowest BCUT2D eigenvalue weighted by Gasteiger charge is -2.26. The second-order valence-electron chi connectivity index (χ2n) is 11.7. The second-order valence-corrected chi connectivity index (χ2v) is 11.7. The summed E-state index contributed by atoms with van der Waals surface area (Å²) in [7, 11) is 1.65. The highest BCUT2D eigenvalue weighted by Crippen LogP contribution is 2.47. The number of benzene rings is 3. The van der Waals surface area contributed by atoms with E-state index in [4.69, 9.17) is 15.2 Å². The Labute approximate surface area is 245 Å². The monoisotopic (exact) mass is 567 g/mol. The molecular formula is C34H37N3O5. The molecule has 6 rings (SSSR count). The Balaban J connectivity index is 1.42. The molecule has 42 heavy (non-hydrogen) atoms. The Hall–Kier alpha value is -4.46. The number of carbonyl (C=O) groups is 2. The summed E-state index contributed by atoms with van der Waals surface area (Å²) in [6.07, 6.45) is 6.03. The van der Waals surface area contributed by atoms with Gasteiger partial charge in [0.2, 0.25) is 0 Å². The first-order valence-corrected chi connectivity index (χ1v) is 14.6. The molecule has 1 amide bonds. The minimum atomic E-state index is -1.50. The van der Waals surface area contributed by atoms with E-state index in [1.807, 2.05) is 30.3 Å². The van der Waals surface area contributed by atoms with Gasteiger partial charge in [0, 0.05) is 40.2 Å². The molecule has 1 aromatic heterocycles. The van der Waals surface area contributed by atoms with Gasteiger partial charge < -0.3 is 30.2 Å². The number of nitrogen functional groups attached to an aromatic ring is 1. The van der Waals surface area contributed by atoms with Crippen molar-refractivity contribution in [3.8, 4) is 22.8 Å². The minimum Gasteiger partial charge on any atom is -0.497 e. The maximum Gasteiger partial charge on any atom is 0.329 e. The molecule has 1 fully saturated rings. The molecule has 0 saturated heterocycles. The van der Waals surface area contributed by atoms with E-state index >= 15 is 0 Å². The average molecular weight is 568 g/mol. The molecule has 1 atom stereocenters. The van der Waals surface area contributed by atoms with Gasteiger partial charge in [0.15, 0.2) is 0 Å². The average Bonchev–Trinajstić information content (AvgIpc) is 3.19. The summed E-state index contributed by atoms with van der Waals surface area (Å²) >= 11 is 0. The van der Waals surface area contributed by atoms with Gasteiger partial charge in [0.1, 0.15) is 23.6 Å². The first-order chi connectivity index (χ1) is 20.3. The molecule has 1 saturated carbocycles. The molecule has 1 aliphatic carbocycles. The quantitative estimate of drug-likeness (QED) is 0.231. The predicted octanol–water partition coefficient (Wildman–Crippen LogP) is 6.16. The van der Waals surface area contributed by atoms with Crippen LogP contribution in [0.15, 0.2) is 60.7 Å².